The van der Waals surface area contributed by atoms with Crippen molar-refractivity contribution in [3.63, 3.8) is 0 Å². The number of carbonyl (C=O) groups excluding carboxylic acids is 1. The molecule has 0 aromatic rings. The van der Waals surface area contributed by atoms with Gasteiger partial charge >= 0.3 is 0 Å². The van der Waals surface area contributed by atoms with Gasteiger partial charge in [-0.3, -0.25) is 4.79 Å². The predicted molar refractivity (Wildman–Crippen MR) is 59.8 cm³/mol. The van der Waals surface area contributed by atoms with E-state index in [-0.39, 0.29) is 17.4 Å². The second-order valence-electron chi connectivity index (χ2n) is 3.87. The Kier molecular flexibility index (Phi) is 4.40. The number of rotatable bonds is 4. The Morgan fingerprint density at radius 3 is 2.60 bits per heavy atom. The van der Waals surface area contributed by atoms with Crippen LogP contribution in [-0.2, 0) is 14.6 Å². The molecule has 0 aromatic heterocycles. The van der Waals surface area contributed by atoms with E-state index in [0.29, 0.717) is 6.42 Å². The SMILES string of the molecule is CCCCC(=O)N[C@H]1CS(=O)(=O)C[C@H]1Cl. The highest BCUT2D eigenvalue weighted by Gasteiger charge is 2.36. The lowest BCUT2D eigenvalue weighted by atomic mass is 10.2. The predicted octanol–water partition coefficient (Wildman–Crippen LogP) is 0.697. The van der Waals surface area contributed by atoms with Crippen LogP contribution in [0.4, 0.5) is 0 Å². The molecule has 15 heavy (non-hydrogen) atoms. The number of unbranched alkanes of at least 4 members (excludes halogenated alkanes) is 1. The second kappa shape index (κ2) is 5.16. The molecule has 4 nitrogen and oxygen atoms in total. The highest BCUT2D eigenvalue weighted by molar-refractivity contribution is 7.91. The van der Waals surface area contributed by atoms with Crippen LogP contribution in [0.15, 0.2) is 0 Å². The number of hydrogen-bond acceptors (Lipinski definition) is 3. The number of sulfone groups is 1. The monoisotopic (exact) mass is 253 g/mol. The van der Waals surface area contributed by atoms with Gasteiger partial charge in [0.15, 0.2) is 9.84 Å². The Morgan fingerprint density at radius 1 is 1.47 bits per heavy atom. The highest BCUT2D eigenvalue weighted by Crippen LogP contribution is 2.18. The average molecular weight is 254 g/mol. The molecule has 0 radical (unpaired) electrons. The number of nitrogens with one attached hydrogen (secondary N) is 1. The quantitative estimate of drug-likeness (QED) is 0.750. The van der Waals surface area contributed by atoms with E-state index in [1.165, 1.54) is 0 Å². The van der Waals surface area contributed by atoms with Crippen LogP contribution in [-0.4, -0.2) is 37.2 Å². The lowest BCUT2D eigenvalue weighted by molar-refractivity contribution is -0.121. The maximum Gasteiger partial charge on any atom is 0.220 e. The van der Waals surface area contributed by atoms with E-state index in [1.807, 2.05) is 6.92 Å². The molecule has 0 bridgehead atoms. The minimum Gasteiger partial charge on any atom is -0.351 e. The standard InChI is InChI=1S/C9H16ClNO3S/c1-2-3-4-9(12)11-8-6-15(13,14)5-7(8)10/h7-8H,2-6H2,1H3,(H,11,12)/t7-,8+/m1/s1. The van der Waals surface area contributed by atoms with Crippen LogP contribution in [0.3, 0.4) is 0 Å². The first-order chi connectivity index (χ1) is 6.94. The van der Waals surface area contributed by atoms with Crippen LogP contribution in [0.1, 0.15) is 26.2 Å². The molecular formula is C9H16ClNO3S. The molecule has 1 N–H and O–H groups in total. The van der Waals surface area contributed by atoms with Gasteiger partial charge in [-0.25, -0.2) is 8.42 Å². The van der Waals surface area contributed by atoms with Crippen molar-refractivity contribution in [1.29, 1.82) is 0 Å². The van der Waals surface area contributed by atoms with Crippen LogP contribution in [0.25, 0.3) is 0 Å². The molecular weight excluding hydrogens is 238 g/mol. The van der Waals surface area contributed by atoms with Gasteiger partial charge < -0.3 is 5.32 Å². The summed E-state index contributed by atoms with van der Waals surface area (Å²) >= 11 is 5.85. The molecule has 2 atom stereocenters. The van der Waals surface area contributed by atoms with Gasteiger partial charge in [-0.2, -0.15) is 0 Å². The lowest BCUT2D eigenvalue weighted by Gasteiger charge is -2.13. The zero-order chi connectivity index (χ0) is 11.5. The van der Waals surface area contributed by atoms with Crippen molar-refractivity contribution in [2.45, 2.75) is 37.6 Å². The normalized spacial score (nSPS) is 28.9. The number of amides is 1. The maximum absolute atomic E-state index is 11.3. The third-order valence-electron chi connectivity index (χ3n) is 2.39. The summed E-state index contributed by atoms with van der Waals surface area (Å²) in [5.41, 5.74) is 0. The molecule has 0 spiro atoms. The van der Waals surface area contributed by atoms with E-state index >= 15 is 0 Å². The Hall–Kier alpha value is -0.290. The molecule has 1 fully saturated rings. The summed E-state index contributed by atoms with van der Waals surface area (Å²) in [4.78, 5) is 11.3. The van der Waals surface area contributed by atoms with Crippen molar-refractivity contribution >= 4 is 27.3 Å². The molecule has 1 heterocycles. The van der Waals surface area contributed by atoms with Crippen molar-refractivity contribution in [3.05, 3.63) is 0 Å². The second-order valence-corrected chi connectivity index (χ2v) is 6.58. The van der Waals surface area contributed by atoms with E-state index in [2.05, 4.69) is 5.32 Å². The van der Waals surface area contributed by atoms with Gasteiger partial charge in [-0.15, -0.1) is 11.6 Å². The van der Waals surface area contributed by atoms with E-state index < -0.39 is 21.3 Å². The van der Waals surface area contributed by atoms with Gasteiger partial charge in [0, 0.05) is 6.42 Å². The number of hydrogen-bond donors (Lipinski definition) is 1. The van der Waals surface area contributed by atoms with Gasteiger partial charge in [0.2, 0.25) is 5.91 Å². The Balaban J connectivity index is 2.43. The van der Waals surface area contributed by atoms with E-state index in [9.17, 15) is 13.2 Å². The summed E-state index contributed by atoms with van der Waals surface area (Å²) in [6.45, 7) is 2.00. The summed E-state index contributed by atoms with van der Waals surface area (Å²) in [6, 6.07) is -0.416. The number of carbonyl (C=O) groups is 1. The first-order valence-electron chi connectivity index (χ1n) is 5.08. The molecule has 1 aliphatic heterocycles. The minimum absolute atomic E-state index is 0.0287. The van der Waals surface area contributed by atoms with Crippen molar-refractivity contribution in [1.82, 2.24) is 5.32 Å². The van der Waals surface area contributed by atoms with Gasteiger partial charge in [-0.1, -0.05) is 13.3 Å². The maximum atomic E-state index is 11.3. The van der Waals surface area contributed by atoms with Crippen LogP contribution < -0.4 is 5.32 Å². The summed E-state index contributed by atoms with van der Waals surface area (Å²) in [6.07, 6.45) is 2.20. The van der Waals surface area contributed by atoms with Gasteiger partial charge in [0.05, 0.1) is 22.9 Å². The molecule has 88 valence electrons. The number of halogens is 1. The van der Waals surface area contributed by atoms with Gasteiger partial charge in [0.1, 0.15) is 0 Å². The van der Waals surface area contributed by atoms with Crippen molar-refractivity contribution in [2.24, 2.45) is 0 Å². The molecule has 0 unspecified atom stereocenters. The zero-order valence-corrected chi connectivity index (χ0v) is 10.3. The molecule has 1 aliphatic rings. The molecule has 0 aromatic carbocycles. The number of alkyl halides is 1. The van der Waals surface area contributed by atoms with Crippen molar-refractivity contribution in [3.8, 4) is 0 Å². The Bertz CT molecular complexity index is 328. The molecule has 6 heteroatoms. The first-order valence-corrected chi connectivity index (χ1v) is 7.34. The smallest absolute Gasteiger partial charge is 0.220 e. The first kappa shape index (κ1) is 12.8. The van der Waals surface area contributed by atoms with Crippen molar-refractivity contribution < 1.29 is 13.2 Å². The lowest BCUT2D eigenvalue weighted by Crippen LogP contribution is -2.40. The summed E-state index contributed by atoms with van der Waals surface area (Å²) < 4.78 is 22.4. The van der Waals surface area contributed by atoms with Crippen LogP contribution in [0.5, 0.6) is 0 Å². The third-order valence-corrected chi connectivity index (χ3v) is 4.76. The fourth-order valence-electron chi connectivity index (χ4n) is 1.55. The van der Waals surface area contributed by atoms with E-state index in [1.54, 1.807) is 0 Å². The topological polar surface area (TPSA) is 63.2 Å². The molecule has 1 rings (SSSR count). The molecule has 1 amide bonds. The molecule has 1 saturated heterocycles. The average Bonchev–Trinajstić information content (AvgIpc) is 2.36. The summed E-state index contributed by atoms with van der Waals surface area (Å²) in [5, 5.41) is 2.18. The van der Waals surface area contributed by atoms with Crippen LogP contribution >= 0.6 is 11.6 Å². The van der Waals surface area contributed by atoms with Crippen molar-refractivity contribution in [2.75, 3.05) is 11.5 Å². The van der Waals surface area contributed by atoms with Crippen LogP contribution in [0, 0.1) is 0 Å². The Labute approximate surface area is 95.3 Å². The van der Waals surface area contributed by atoms with Gasteiger partial charge in [-0.05, 0) is 6.42 Å². The van der Waals surface area contributed by atoms with Gasteiger partial charge in [0.25, 0.3) is 0 Å². The zero-order valence-electron chi connectivity index (χ0n) is 8.70. The van der Waals surface area contributed by atoms with E-state index in [4.69, 9.17) is 11.6 Å². The molecule has 0 saturated carbocycles. The fourth-order valence-corrected chi connectivity index (χ4v) is 4.10. The largest absolute Gasteiger partial charge is 0.351 e. The van der Waals surface area contributed by atoms with E-state index in [0.717, 1.165) is 12.8 Å². The highest BCUT2D eigenvalue weighted by atomic mass is 35.5. The summed E-state index contributed by atoms with van der Waals surface area (Å²) in [7, 11) is -3.06. The third kappa shape index (κ3) is 3.99. The summed E-state index contributed by atoms with van der Waals surface area (Å²) in [5.74, 6) is -0.170. The van der Waals surface area contributed by atoms with Crippen LogP contribution in [0.2, 0.25) is 0 Å². The fraction of sp³-hybridized carbons (Fsp3) is 0.889. The minimum atomic E-state index is -3.06. The Morgan fingerprint density at radius 2 is 2.13 bits per heavy atom. The molecule has 0 aliphatic carbocycles.